The lowest BCUT2D eigenvalue weighted by atomic mass is 10.1. The van der Waals surface area contributed by atoms with E-state index in [0.29, 0.717) is 21.8 Å². The minimum Gasteiger partial charge on any atom is -0.380 e. The van der Waals surface area contributed by atoms with Gasteiger partial charge in [0, 0.05) is 12.8 Å². The Balaban J connectivity index is 2.05. The molecule has 0 aromatic carbocycles. The minimum atomic E-state index is -4.61. The van der Waals surface area contributed by atoms with Crippen molar-refractivity contribution in [1.29, 1.82) is 5.26 Å². The first kappa shape index (κ1) is 20.1. The second kappa shape index (κ2) is 8.43. The summed E-state index contributed by atoms with van der Waals surface area (Å²) < 4.78 is 42.5. The number of pyridine rings is 1. The zero-order valence-electron chi connectivity index (χ0n) is 13.5. The molecule has 2 rings (SSSR count). The van der Waals surface area contributed by atoms with Crippen LogP contribution in [0.5, 0.6) is 0 Å². The Hall–Kier alpha value is -2.23. The summed E-state index contributed by atoms with van der Waals surface area (Å²) in [7, 11) is 1.49. The molecule has 0 bridgehead atoms. The predicted molar refractivity (Wildman–Crippen MR) is 88.7 cm³/mol. The quantitative estimate of drug-likeness (QED) is 0.740. The monoisotopic (exact) mass is 403 g/mol. The van der Waals surface area contributed by atoms with Gasteiger partial charge in [-0.1, -0.05) is 23.1 Å². The highest BCUT2D eigenvalue weighted by molar-refractivity contribution is 8.00. The van der Waals surface area contributed by atoms with Gasteiger partial charge in [0.15, 0.2) is 0 Å². The molecule has 0 aliphatic rings. The molecule has 0 aliphatic carbocycles. The molecule has 0 fully saturated rings. The maximum atomic E-state index is 12.5. The zero-order chi connectivity index (χ0) is 19.3. The van der Waals surface area contributed by atoms with Crippen LogP contribution in [0.15, 0.2) is 11.1 Å². The molecule has 0 saturated carbocycles. The number of nitriles is 1. The van der Waals surface area contributed by atoms with Crippen molar-refractivity contribution in [1.82, 2.24) is 15.2 Å². The maximum Gasteiger partial charge on any atom is 0.445 e. The van der Waals surface area contributed by atoms with E-state index in [4.69, 9.17) is 4.74 Å². The lowest BCUT2D eigenvalue weighted by Crippen LogP contribution is -2.14. The maximum absolute atomic E-state index is 12.5. The third kappa shape index (κ3) is 5.13. The Bertz CT molecular complexity index is 848. The zero-order valence-corrected chi connectivity index (χ0v) is 15.2. The summed E-state index contributed by atoms with van der Waals surface area (Å²) in [5.74, 6) is -0.737. The number of carbonyl (C=O) groups excluding carboxylic acids is 1. The number of carbonyl (C=O) groups is 1. The van der Waals surface area contributed by atoms with Crippen LogP contribution in [0.1, 0.15) is 21.8 Å². The summed E-state index contributed by atoms with van der Waals surface area (Å²) in [6, 6.07) is 3.74. The van der Waals surface area contributed by atoms with Crippen LogP contribution in [0.2, 0.25) is 0 Å². The fraction of sp³-hybridized carbons (Fsp3) is 0.357. The predicted octanol–water partition coefficient (Wildman–Crippen LogP) is 3.01. The second-order valence-electron chi connectivity index (χ2n) is 4.89. The number of anilines is 1. The van der Waals surface area contributed by atoms with E-state index in [9.17, 15) is 23.2 Å². The number of ether oxygens (including phenoxy) is 1. The van der Waals surface area contributed by atoms with Crippen LogP contribution < -0.4 is 5.32 Å². The number of methoxy groups -OCH3 is 1. The second-order valence-corrected chi connectivity index (χ2v) is 6.84. The summed E-state index contributed by atoms with van der Waals surface area (Å²) in [4.78, 5) is 16.2. The van der Waals surface area contributed by atoms with Crippen molar-refractivity contribution in [3.8, 4) is 6.07 Å². The first-order chi connectivity index (χ1) is 12.2. The number of nitrogens with zero attached hydrogens (tertiary/aromatic N) is 4. The molecule has 0 radical (unpaired) electrons. The standard InChI is InChI=1S/C14H12F3N5O2S2/c1-7-3-8(5-24-2)9(4-18)11(19-7)25-6-10(23)20-13-22-21-12(26-13)14(15,16)17/h3H,5-6H2,1-2H3,(H,20,22,23). The molecule has 12 heteroatoms. The first-order valence-corrected chi connectivity index (χ1v) is 8.77. The van der Waals surface area contributed by atoms with Crippen LogP contribution >= 0.6 is 23.1 Å². The highest BCUT2D eigenvalue weighted by Crippen LogP contribution is 2.33. The molecular weight excluding hydrogens is 391 g/mol. The molecule has 2 heterocycles. The van der Waals surface area contributed by atoms with Crippen LogP contribution in [0.3, 0.4) is 0 Å². The van der Waals surface area contributed by atoms with Gasteiger partial charge in [-0.15, -0.1) is 10.2 Å². The number of aromatic nitrogens is 3. The van der Waals surface area contributed by atoms with Crippen molar-refractivity contribution < 1.29 is 22.7 Å². The molecule has 0 unspecified atom stereocenters. The molecule has 1 amide bonds. The van der Waals surface area contributed by atoms with Crippen LogP contribution in [0.4, 0.5) is 18.3 Å². The molecule has 2 aromatic rings. The lowest BCUT2D eigenvalue weighted by Gasteiger charge is -2.09. The van der Waals surface area contributed by atoms with Gasteiger partial charge in [-0.2, -0.15) is 18.4 Å². The Morgan fingerprint density at radius 2 is 2.19 bits per heavy atom. The molecule has 0 atom stereocenters. The van der Waals surface area contributed by atoms with E-state index in [-0.39, 0.29) is 28.8 Å². The van der Waals surface area contributed by atoms with E-state index >= 15 is 0 Å². The van der Waals surface area contributed by atoms with Gasteiger partial charge in [0.2, 0.25) is 16.0 Å². The average Bonchev–Trinajstić information content (AvgIpc) is 3.01. The van der Waals surface area contributed by atoms with E-state index in [1.807, 2.05) is 6.07 Å². The van der Waals surface area contributed by atoms with Gasteiger partial charge in [-0.3, -0.25) is 10.1 Å². The van der Waals surface area contributed by atoms with E-state index in [1.54, 1.807) is 13.0 Å². The number of amides is 1. The van der Waals surface area contributed by atoms with Crippen molar-refractivity contribution in [2.45, 2.75) is 24.7 Å². The first-order valence-electron chi connectivity index (χ1n) is 6.97. The van der Waals surface area contributed by atoms with Crippen LogP contribution in [0, 0.1) is 18.3 Å². The molecule has 26 heavy (non-hydrogen) atoms. The number of thioether (sulfide) groups is 1. The molecule has 0 spiro atoms. The third-order valence-electron chi connectivity index (χ3n) is 2.86. The number of alkyl halides is 3. The van der Waals surface area contributed by atoms with Gasteiger partial charge in [0.05, 0.1) is 17.9 Å². The van der Waals surface area contributed by atoms with Crippen molar-refractivity contribution >= 4 is 34.1 Å². The van der Waals surface area contributed by atoms with Gasteiger partial charge in [-0.05, 0) is 18.6 Å². The number of hydrogen-bond donors (Lipinski definition) is 1. The lowest BCUT2D eigenvalue weighted by molar-refractivity contribution is -0.138. The molecule has 1 N–H and O–H groups in total. The normalized spacial score (nSPS) is 11.2. The molecular formula is C14H12F3N5O2S2. The highest BCUT2D eigenvalue weighted by Gasteiger charge is 2.35. The number of halogens is 3. The Kier molecular flexibility index (Phi) is 6.52. The van der Waals surface area contributed by atoms with Gasteiger partial charge in [-0.25, -0.2) is 4.98 Å². The highest BCUT2D eigenvalue weighted by atomic mass is 32.2. The summed E-state index contributed by atoms with van der Waals surface area (Å²) in [5.41, 5.74) is 1.59. The number of aryl methyl sites for hydroxylation is 1. The van der Waals surface area contributed by atoms with Gasteiger partial charge < -0.3 is 4.74 Å². The summed E-state index contributed by atoms with van der Waals surface area (Å²) >= 11 is 1.23. The van der Waals surface area contributed by atoms with Crippen LogP contribution in [0.25, 0.3) is 0 Å². The van der Waals surface area contributed by atoms with Crippen LogP contribution in [-0.2, 0) is 22.3 Å². The summed E-state index contributed by atoms with van der Waals surface area (Å²) in [6.45, 7) is 1.96. The SMILES string of the molecule is COCc1cc(C)nc(SCC(=O)Nc2nnc(C(F)(F)F)s2)c1C#N. The largest absolute Gasteiger partial charge is 0.445 e. The Morgan fingerprint density at radius 1 is 1.46 bits per heavy atom. The smallest absolute Gasteiger partial charge is 0.380 e. The number of rotatable bonds is 6. The van der Waals surface area contributed by atoms with E-state index in [1.165, 1.54) is 7.11 Å². The molecule has 0 saturated heterocycles. The molecule has 0 aliphatic heterocycles. The fourth-order valence-electron chi connectivity index (χ4n) is 1.88. The van der Waals surface area contributed by atoms with Gasteiger partial charge in [0.25, 0.3) is 0 Å². The van der Waals surface area contributed by atoms with Crippen molar-refractivity contribution in [2.24, 2.45) is 0 Å². The van der Waals surface area contributed by atoms with E-state index in [2.05, 4.69) is 20.5 Å². The summed E-state index contributed by atoms with van der Waals surface area (Å²) in [5, 5.41) is 16.8. The Morgan fingerprint density at radius 3 is 2.77 bits per heavy atom. The fourth-order valence-corrected chi connectivity index (χ4v) is 3.38. The van der Waals surface area contributed by atoms with E-state index in [0.717, 1.165) is 11.8 Å². The van der Waals surface area contributed by atoms with Crippen molar-refractivity contribution in [3.05, 3.63) is 27.9 Å². The average molecular weight is 403 g/mol. The summed E-state index contributed by atoms with van der Waals surface area (Å²) in [6.07, 6.45) is -4.61. The molecule has 138 valence electrons. The number of hydrogen-bond acceptors (Lipinski definition) is 8. The van der Waals surface area contributed by atoms with Gasteiger partial charge >= 0.3 is 6.18 Å². The van der Waals surface area contributed by atoms with Gasteiger partial charge in [0.1, 0.15) is 11.1 Å². The Labute approximate surface area is 154 Å². The van der Waals surface area contributed by atoms with Crippen molar-refractivity contribution in [3.63, 3.8) is 0 Å². The van der Waals surface area contributed by atoms with Crippen molar-refractivity contribution in [2.75, 3.05) is 18.2 Å². The third-order valence-corrected chi connectivity index (χ3v) is 4.72. The molecule has 2 aromatic heterocycles. The van der Waals surface area contributed by atoms with E-state index < -0.39 is 17.1 Å². The minimum absolute atomic E-state index is 0.154. The van der Waals surface area contributed by atoms with Crippen LogP contribution in [-0.4, -0.2) is 34.0 Å². The molecule has 7 nitrogen and oxygen atoms in total. The number of nitrogens with one attached hydrogen (secondary N) is 1. The topological polar surface area (TPSA) is 101 Å².